The molecule has 0 aromatic heterocycles. The van der Waals surface area contributed by atoms with Gasteiger partial charge in [0, 0.05) is 24.2 Å². The number of carbonyl (C=O) groups excluding carboxylic acids is 1. The van der Waals surface area contributed by atoms with Crippen molar-refractivity contribution in [3.05, 3.63) is 65.2 Å². The monoisotopic (exact) mass is 403 g/mol. The maximum absolute atomic E-state index is 13.0. The lowest BCUT2D eigenvalue weighted by Gasteiger charge is -2.40. The number of benzene rings is 2. The van der Waals surface area contributed by atoms with E-state index >= 15 is 0 Å². The number of hydrogen-bond acceptors (Lipinski definition) is 3. The number of fused-ring (bicyclic) bond motifs is 2. The second-order valence-corrected chi connectivity index (χ2v) is 8.09. The molecule has 2 aliphatic heterocycles. The Hall–Kier alpha value is -2.54. The van der Waals surface area contributed by atoms with Crippen LogP contribution in [0.4, 0.5) is 18.9 Å². The number of piperidine rings is 1. The minimum absolute atomic E-state index is 0.0314. The number of amides is 1. The zero-order valence-electron chi connectivity index (χ0n) is 16.1. The number of halogens is 3. The Labute approximate surface area is 168 Å². The second kappa shape index (κ2) is 7.37. The van der Waals surface area contributed by atoms with Gasteiger partial charge in [0.2, 0.25) is 5.91 Å². The number of alkyl halides is 3. The van der Waals surface area contributed by atoms with E-state index in [0.717, 1.165) is 44.2 Å². The molecule has 0 bridgehead atoms. The molecule has 4 rings (SSSR count). The summed E-state index contributed by atoms with van der Waals surface area (Å²) in [5.74, 6) is -0.348. The highest BCUT2D eigenvalue weighted by Crippen LogP contribution is 2.46. The number of anilines is 1. The molecular formula is C22H24F3N3O. The number of rotatable bonds is 4. The van der Waals surface area contributed by atoms with Crippen molar-refractivity contribution in [3.63, 3.8) is 0 Å². The molecule has 154 valence electrons. The Kier molecular flexibility index (Phi) is 5.02. The SMILES string of the molecule is NC(=O)CN1CC2(CCN(Cc3cccc(C(F)(F)F)c3)CC2)c2ccccc21. The van der Waals surface area contributed by atoms with Gasteiger partial charge in [-0.2, -0.15) is 13.2 Å². The number of likely N-dealkylation sites (tertiary alicyclic amines) is 1. The number of nitrogens with zero attached hydrogens (tertiary/aromatic N) is 2. The molecule has 2 aromatic carbocycles. The zero-order chi connectivity index (χ0) is 20.6. The summed E-state index contributed by atoms with van der Waals surface area (Å²) in [6.45, 7) is 3.07. The molecule has 29 heavy (non-hydrogen) atoms. The molecule has 1 saturated heterocycles. The van der Waals surface area contributed by atoms with Crippen LogP contribution in [0.5, 0.6) is 0 Å². The highest BCUT2D eigenvalue weighted by molar-refractivity contribution is 5.81. The standard InChI is InChI=1S/C22H24F3N3O/c23-22(24,25)17-5-3-4-16(12-17)13-27-10-8-21(9-11-27)15-28(14-20(26)29)19-7-2-1-6-18(19)21/h1-7,12H,8-11,13-15H2,(H2,26,29). The number of primary amides is 1. The Morgan fingerprint density at radius 2 is 1.79 bits per heavy atom. The average molecular weight is 403 g/mol. The normalized spacial score (nSPS) is 18.8. The molecule has 2 aliphatic rings. The summed E-state index contributed by atoms with van der Waals surface area (Å²) >= 11 is 0. The van der Waals surface area contributed by atoms with Gasteiger partial charge in [-0.1, -0.05) is 36.4 Å². The van der Waals surface area contributed by atoms with Gasteiger partial charge in [0.1, 0.15) is 0 Å². The van der Waals surface area contributed by atoms with E-state index in [1.807, 2.05) is 18.2 Å². The van der Waals surface area contributed by atoms with Crippen LogP contribution in [0.1, 0.15) is 29.5 Å². The molecule has 2 N–H and O–H groups in total. The number of hydrogen-bond donors (Lipinski definition) is 1. The van der Waals surface area contributed by atoms with Crippen LogP contribution >= 0.6 is 0 Å². The van der Waals surface area contributed by atoms with Gasteiger partial charge in [0.05, 0.1) is 12.1 Å². The van der Waals surface area contributed by atoms with Crippen molar-refractivity contribution < 1.29 is 18.0 Å². The van der Waals surface area contributed by atoms with Gasteiger partial charge in [-0.05, 0) is 49.2 Å². The molecule has 1 fully saturated rings. The van der Waals surface area contributed by atoms with Crippen LogP contribution in [0.25, 0.3) is 0 Å². The smallest absolute Gasteiger partial charge is 0.368 e. The van der Waals surface area contributed by atoms with Gasteiger partial charge >= 0.3 is 6.18 Å². The summed E-state index contributed by atoms with van der Waals surface area (Å²) in [6, 6.07) is 13.7. The highest BCUT2D eigenvalue weighted by atomic mass is 19.4. The highest BCUT2D eigenvalue weighted by Gasteiger charge is 2.44. The Morgan fingerprint density at radius 3 is 2.48 bits per heavy atom. The summed E-state index contributed by atoms with van der Waals surface area (Å²) in [7, 11) is 0. The molecule has 1 spiro atoms. The molecule has 4 nitrogen and oxygen atoms in total. The molecule has 0 unspecified atom stereocenters. The first-order valence-corrected chi connectivity index (χ1v) is 9.78. The van der Waals surface area contributed by atoms with Crippen LogP contribution in [0.3, 0.4) is 0 Å². The first kappa shape index (κ1) is 19.8. The minimum Gasteiger partial charge on any atom is -0.368 e. The van der Waals surface area contributed by atoms with E-state index in [-0.39, 0.29) is 17.9 Å². The van der Waals surface area contributed by atoms with Crippen molar-refractivity contribution in [3.8, 4) is 0 Å². The van der Waals surface area contributed by atoms with E-state index in [4.69, 9.17) is 5.73 Å². The first-order valence-electron chi connectivity index (χ1n) is 9.78. The lowest BCUT2D eigenvalue weighted by atomic mass is 9.74. The molecule has 0 saturated carbocycles. The van der Waals surface area contributed by atoms with Crippen molar-refractivity contribution in [2.24, 2.45) is 5.73 Å². The fourth-order valence-corrected chi connectivity index (χ4v) is 4.73. The molecule has 0 radical (unpaired) electrons. The number of nitrogens with two attached hydrogens (primary N) is 1. The molecule has 0 aliphatic carbocycles. The summed E-state index contributed by atoms with van der Waals surface area (Å²) < 4.78 is 38.9. The maximum atomic E-state index is 13.0. The zero-order valence-corrected chi connectivity index (χ0v) is 16.1. The van der Waals surface area contributed by atoms with Crippen molar-refractivity contribution in [1.82, 2.24) is 4.90 Å². The van der Waals surface area contributed by atoms with Crippen molar-refractivity contribution in [2.75, 3.05) is 31.1 Å². The van der Waals surface area contributed by atoms with E-state index in [0.29, 0.717) is 12.1 Å². The predicted molar refractivity (Wildman–Crippen MR) is 105 cm³/mol. The van der Waals surface area contributed by atoms with Crippen LogP contribution < -0.4 is 10.6 Å². The summed E-state index contributed by atoms with van der Waals surface area (Å²) in [5.41, 5.74) is 7.79. The average Bonchev–Trinajstić information content (AvgIpc) is 2.96. The van der Waals surface area contributed by atoms with E-state index < -0.39 is 11.7 Å². The third kappa shape index (κ3) is 3.96. The molecular weight excluding hydrogens is 379 g/mol. The number of carbonyl (C=O) groups is 1. The molecule has 2 aromatic rings. The van der Waals surface area contributed by atoms with Crippen LogP contribution in [0, 0.1) is 0 Å². The van der Waals surface area contributed by atoms with E-state index in [9.17, 15) is 18.0 Å². The lowest BCUT2D eigenvalue weighted by Crippen LogP contribution is -2.45. The molecule has 0 atom stereocenters. The summed E-state index contributed by atoms with van der Waals surface area (Å²) in [4.78, 5) is 15.7. The maximum Gasteiger partial charge on any atom is 0.416 e. The van der Waals surface area contributed by atoms with Gasteiger partial charge in [0.15, 0.2) is 0 Å². The Bertz CT molecular complexity index is 904. The van der Waals surface area contributed by atoms with Crippen LogP contribution in [-0.4, -0.2) is 37.0 Å². The molecule has 1 amide bonds. The van der Waals surface area contributed by atoms with Gasteiger partial charge in [-0.15, -0.1) is 0 Å². The Balaban J connectivity index is 1.46. The second-order valence-electron chi connectivity index (χ2n) is 8.09. The molecule has 2 heterocycles. The van der Waals surface area contributed by atoms with E-state index in [1.165, 1.54) is 17.7 Å². The summed E-state index contributed by atoms with van der Waals surface area (Å²) in [6.07, 6.45) is -2.52. The minimum atomic E-state index is -4.32. The predicted octanol–water partition coefficient (Wildman–Crippen LogP) is 3.54. The van der Waals surface area contributed by atoms with E-state index in [2.05, 4.69) is 15.9 Å². The van der Waals surface area contributed by atoms with Crippen LogP contribution in [-0.2, 0) is 22.9 Å². The lowest BCUT2D eigenvalue weighted by molar-refractivity contribution is -0.137. The van der Waals surface area contributed by atoms with Crippen molar-refractivity contribution in [1.29, 1.82) is 0 Å². The van der Waals surface area contributed by atoms with E-state index in [1.54, 1.807) is 6.07 Å². The fraction of sp³-hybridized carbons (Fsp3) is 0.409. The van der Waals surface area contributed by atoms with Gasteiger partial charge in [-0.25, -0.2) is 0 Å². The van der Waals surface area contributed by atoms with Crippen LogP contribution in [0.15, 0.2) is 48.5 Å². The van der Waals surface area contributed by atoms with Crippen molar-refractivity contribution in [2.45, 2.75) is 31.0 Å². The first-order chi connectivity index (χ1) is 13.8. The summed E-state index contributed by atoms with van der Waals surface area (Å²) in [5, 5.41) is 0. The molecule has 7 heteroatoms. The third-order valence-corrected chi connectivity index (χ3v) is 6.13. The van der Waals surface area contributed by atoms with Crippen LogP contribution in [0.2, 0.25) is 0 Å². The largest absolute Gasteiger partial charge is 0.416 e. The Morgan fingerprint density at radius 1 is 1.07 bits per heavy atom. The third-order valence-electron chi connectivity index (χ3n) is 6.13. The van der Waals surface area contributed by atoms with Crippen molar-refractivity contribution >= 4 is 11.6 Å². The van der Waals surface area contributed by atoms with Gasteiger partial charge in [-0.3, -0.25) is 9.69 Å². The quantitative estimate of drug-likeness (QED) is 0.850. The fourth-order valence-electron chi connectivity index (χ4n) is 4.73. The van der Waals surface area contributed by atoms with Gasteiger partial charge in [0.25, 0.3) is 0 Å². The topological polar surface area (TPSA) is 49.6 Å². The van der Waals surface area contributed by atoms with Gasteiger partial charge < -0.3 is 10.6 Å². The number of para-hydroxylation sites is 1.